The van der Waals surface area contributed by atoms with E-state index in [2.05, 4.69) is 0 Å². The first-order valence-corrected chi connectivity index (χ1v) is 5.50. The van der Waals surface area contributed by atoms with E-state index in [-0.39, 0.29) is 24.6 Å². The highest BCUT2D eigenvalue weighted by Gasteiger charge is 2.27. The van der Waals surface area contributed by atoms with Crippen molar-refractivity contribution in [3.8, 4) is 0 Å². The summed E-state index contributed by atoms with van der Waals surface area (Å²) in [5, 5.41) is 11.3. The highest BCUT2D eigenvalue weighted by molar-refractivity contribution is 5.94. The molecule has 6 nitrogen and oxygen atoms in total. The Labute approximate surface area is 94.8 Å². The maximum absolute atomic E-state index is 11.3. The van der Waals surface area contributed by atoms with E-state index < -0.39 is 6.03 Å². The maximum atomic E-state index is 11.3. The molecule has 3 amide bonds. The van der Waals surface area contributed by atoms with Gasteiger partial charge in [0.25, 0.3) is 0 Å². The minimum atomic E-state index is -0.823. The van der Waals surface area contributed by atoms with Gasteiger partial charge in [0.15, 0.2) is 0 Å². The van der Waals surface area contributed by atoms with Crippen LogP contribution in [-0.4, -0.2) is 47.2 Å². The molecule has 2 atom stereocenters. The largest absolute Gasteiger partial charge is 0.393 e. The number of nitrogens with zero attached hydrogens (tertiary/aromatic N) is 1. The number of amides is 3. The van der Waals surface area contributed by atoms with Gasteiger partial charge in [-0.25, -0.2) is 4.79 Å². The van der Waals surface area contributed by atoms with E-state index in [9.17, 15) is 14.7 Å². The number of aliphatic hydroxyl groups excluding tert-OH is 1. The molecular weight excluding hydrogens is 210 g/mol. The molecular formula is C10H19N3O3. The van der Waals surface area contributed by atoms with Crippen LogP contribution in [0.25, 0.3) is 0 Å². The normalized spacial score (nSPS) is 23.0. The third-order valence-corrected chi connectivity index (χ3v) is 2.72. The summed E-state index contributed by atoms with van der Waals surface area (Å²) in [4.78, 5) is 23.8. The SMILES string of the molecule is CC(O)CC1CCCN1CC(=O)NC(N)=O. The summed E-state index contributed by atoms with van der Waals surface area (Å²) < 4.78 is 0. The van der Waals surface area contributed by atoms with Crippen LogP contribution >= 0.6 is 0 Å². The summed E-state index contributed by atoms with van der Waals surface area (Å²) in [6.45, 7) is 2.73. The van der Waals surface area contributed by atoms with Crippen molar-refractivity contribution in [1.82, 2.24) is 10.2 Å². The second-order valence-electron chi connectivity index (χ2n) is 4.26. The van der Waals surface area contributed by atoms with Crippen molar-refractivity contribution in [3.63, 3.8) is 0 Å². The van der Waals surface area contributed by atoms with Crippen LogP contribution in [-0.2, 0) is 4.79 Å². The molecule has 1 heterocycles. The van der Waals surface area contributed by atoms with Gasteiger partial charge in [0.1, 0.15) is 0 Å². The number of hydrogen-bond acceptors (Lipinski definition) is 4. The van der Waals surface area contributed by atoms with Crippen LogP contribution in [0.2, 0.25) is 0 Å². The fourth-order valence-corrected chi connectivity index (χ4v) is 2.13. The number of carbonyl (C=O) groups is 2. The van der Waals surface area contributed by atoms with Crippen LogP contribution in [0, 0.1) is 0 Å². The zero-order valence-electron chi connectivity index (χ0n) is 9.48. The zero-order valence-corrected chi connectivity index (χ0v) is 9.48. The number of hydrogen-bond donors (Lipinski definition) is 3. The molecule has 1 aliphatic heterocycles. The number of primary amides is 1. The fraction of sp³-hybridized carbons (Fsp3) is 0.800. The van der Waals surface area contributed by atoms with E-state index in [1.165, 1.54) is 0 Å². The lowest BCUT2D eigenvalue weighted by molar-refractivity contribution is -0.121. The number of imide groups is 1. The molecule has 0 aromatic rings. The molecule has 0 aromatic heterocycles. The first-order chi connectivity index (χ1) is 7.49. The van der Waals surface area contributed by atoms with Gasteiger partial charge in [0.05, 0.1) is 12.6 Å². The quantitative estimate of drug-likeness (QED) is 0.600. The Morgan fingerprint density at radius 1 is 1.62 bits per heavy atom. The molecule has 0 radical (unpaired) electrons. The minimum absolute atomic E-state index is 0.167. The standard InChI is InChI=1S/C10H19N3O3/c1-7(14)5-8-3-2-4-13(8)6-9(15)12-10(11)16/h7-8,14H,2-6H2,1H3,(H3,11,12,15,16). The van der Waals surface area contributed by atoms with Crippen molar-refractivity contribution >= 4 is 11.9 Å². The van der Waals surface area contributed by atoms with Gasteiger partial charge in [0.2, 0.25) is 5.91 Å². The lowest BCUT2D eigenvalue weighted by Crippen LogP contribution is -2.44. The lowest BCUT2D eigenvalue weighted by Gasteiger charge is -2.24. The van der Waals surface area contributed by atoms with E-state index in [1.807, 2.05) is 10.2 Å². The van der Waals surface area contributed by atoms with E-state index in [1.54, 1.807) is 6.92 Å². The van der Waals surface area contributed by atoms with Gasteiger partial charge in [0, 0.05) is 6.04 Å². The molecule has 4 N–H and O–H groups in total. The van der Waals surface area contributed by atoms with Crippen molar-refractivity contribution in [3.05, 3.63) is 0 Å². The topological polar surface area (TPSA) is 95.7 Å². The summed E-state index contributed by atoms with van der Waals surface area (Å²) in [5.41, 5.74) is 4.85. The average molecular weight is 229 g/mol. The Bertz CT molecular complexity index is 268. The number of nitrogens with one attached hydrogen (secondary N) is 1. The van der Waals surface area contributed by atoms with Crippen LogP contribution in [0.4, 0.5) is 4.79 Å². The molecule has 2 unspecified atom stereocenters. The van der Waals surface area contributed by atoms with Crippen LogP contribution < -0.4 is 11.1 Å². The molecule has 0 bridgehead atoms. The molecule has 0 aliphatic carbocycles. The van der Waals surface area contributed by atoms with Gasteiger partial charge < -0.3 is 10.8 Å². The Kier molecular flexibility index (Phi) is 4.70. The van der Waals surface area contributed by atoms with Gasteiger partial charge in [-0.2, -0.15) is 0 Å². The zero-order chi connectivity index (χ0) is 12.1. The summed E-state index contributed by atoms with van der Waals surface area (Å²) in [6, 6.07) is -0.602. The summed E-state index contributed by atoms with van der Waals surface area (Å²) in [5.74, 6) is -0.384. The first-order valence-electron chi connectivity index (χ1n) is 5.50. The Hall–Kier alpha value is -1.14. The number of aliphatic hydroxyl groups is 1. The van der Waals surface area contributed by atoms with Crippen molar-refractivity contribution in [1.29, 1.82) is 0 Å². The molecule has 1 aliphatic rings. The van der Waals surface area contributed by atoms with E-state index in [0.717, 1.165) is 19.4 Å². The predicted octanol–water partition coefficient (Wildman–Crippen LogP) is -0.583. The second kappa shape index (κ2) is 5.81. The highest BCUT2D eigenvalue weighted by atomic mass is 16.3. The molecule has 0 saturated carbocycles. The predicted molar refractivity (Wildman–Crippen MR) is 58.6 cm³/mol. The summed E-state index contributed by atoms with van der Waals surface area (Å²) >= 11 is 0. The molecule has 16 heavy (non-hydrogen) atoms. The molecule has 6 heteroatoms. The Morgan fingerprint density at radius 2 is 2.31 bits per heavy atom. The van der Waals surface area contributed by atoms with Crippen LogP contribution in [0.3, 0.4) is 0 Å². The third-order valence-electron chi connectivity index (χ3n) is 2.72. The van der Waals surface area contributed by atoms with E-state index >= 15 is 0 Å². The number of urea groups is 1. The number of carbonyl (C=O) groups excluding carboxylic acids is 2. The van der Waals surface area contributed by atoms with Crippen LogP contribution in [0.15, 0.2) is 0 Å². The summed E-state index contributed by atoms with van der Waals surface area (Å²) in [6.07, 6.45) is 2.28. The van der Waals surface area contributed by atoms with Crippen molar-refractivity contribution < 1.29 is 14.7 Å². The van der Waals surface area contributed by atoms with Crippen molar-refractivity contribution in [2.45, 2.75) is 38.3 Å². The van der Waals surface area contributed by atoms with Gasteiger partial charge in [-0.15, -0.1) is 0 Å². The number of nitrogens with two attached hydrogens (primary N) is 1. The molecule has 0 spiro atoms. The van der Waals surface area contributed by atoms with Crippen LogP contribution in [0.5, 0.6) is 0 Å². The second-order valence-corrected chi connectivity index (χ2v) is 4.26. The smallest absolute Gasteiger partial charge is 0.318 e. The molecule has 1 rings (SSSR count). The Morgan fingerprint density at radius 3 is 2.88 bits per heavy atom. The lowest BCUT2D eigenvalue weighted by atomic mass is 10.1. The molecule has 92 valence electrons. The minimum Gasteiger partial charge on any atom is -0.393 e. The van der Waals surface area contributed by atoms with E-state index in [0.29, 0.717) is 6.42 Å². The maximum Gasteiger partial charge on any atom is 0.318 e. The van der Waals surface area contributed by atoms with Gasteiger partial charge in [-0.1, -0.05) is 0 Å². The highest BCUT2D eigenvalue weighted by Crippen LogP contribution is 2.20. The van der Waals surface area contributed by atoms with Crippen molar-refractivity contribution in [2.75, 3.05) is 13.1 Å². The first kappa shape index (κ1) is 12.9. The molecule has 1 saturated heterocycles. The third kappa shape index (κ3) is 4.16. The van der Waals surface area contributed by atoms with Gasteiger partial charge in [-0.3, -0.25) is 15.0 Å². The van der Waals surface area contributed by atoms with E-state index in [4.69, 9.17) is 5.73 Å². The monoisotopic (exact) mass is 229 g/mol. The number of rotatable bonds is 4. The van der Waals surface area contributed by atoms with Crippen molar-refractivity contribution in [2.24, 2.45) is 5.73 Å². The van der Waals surface area contributed by atoms with Crippen LogP contribution in [0.1, 0.15) is 26.2 Å². The Balaban J connectivity index is 2.40. The fourth-order valence-electron chi connectivity index (χ4n) is 2.13. The van der Waals surface area contributed by atoms with Gasteiger partial charge >= 0.3 is 6.03 Å². The molecule has 0 aromatic carbocycles. The summed E-state index contributed by atoms with van der Waals surface area (Å²) in [7, 11) is 0. The van der Waals surface area contributed by atoms with Gasteiger partial charge in [-0.05, 0) is 32.7 Å². The average Bonchev–Trinajstić information content (AvgIpc) is 2.50. The molecule has 1 fully saturated rings. The number of likely N-dealkylation sites (tertiary alicyclic amines) is 1.